The highest BCUT2D eigenvalue weighted by atomic mass is 16.5. The second-order valence-electron chi connectivity index (χ2n) is 5.08. The standard InChI is InChI=1S/C13H24N2O3/c1-10(2)12(11(3)16)13(17)14-4-5-15-6-8-18-9-7-15/h10,12H,4-9H2,1-3H3,(H,14,17). The first-order chi connectivity index (χ1) is 8.52. The number of Topliss-reactive ketones (excluding diaryl/α,β-unsaturated/α-hetero) is 1. The van der Waals surface area contributed by atoms with Crippen molar-refractivity contribution in [1.82, 2.24) is 10.2 Å². The molecule has 18 heavy (non-hydrogen) atoms. The molecule has 0 aliphatic carbocycles. The van der Waals surface area contributed by atoms with Crippen LogP contribution >= 0.6 is 0 Å². The SMILES string of the molecule is CC(=O)C(C(=O)NCCN1CCOCC1)C(C)C. The van der Waals surface area contributed by atoms with E-state index in [4.69, 9.17) is 4.74 Å². The molecule has 0 aromatic carbocycles. The zero-order chi connectivity index (χ0) is 13.5. The Balaban J connectivity index is 2.28. The number of hydrogen-bond donors (Lipinski definition) is 1. The van der Waals surface area contributed by atoms with Gasteiger partial charge in [0.25, 0.3) is 0 Å². The van der Waals surface area contributed by atoms with Gasteiger partial charge in [-0.05, 0) is 12.8 Å². The summed E-state index contributed by atoms with van der Waals surface area (Å²) in [5.41, 5.74) is 0. The van der Waals surface area contributed by atoms with Crippen LogP contribution in [0.5, 0.6) is 0 Å². The molecule has 0 radical (unpaired) electrons. The van der Waals surface area contributed by atoms with E-state index in [9.17, 15) is 9.59 Å². The Kier molecular flexibility index (Phi) is 6.29. The molecule has 0 bridgehead atoms. The lowest BCUT2D eigenvalue weighted by Crippen LogP contribution is -2.44. The van der Waals surface area contributed by atoms with Crippen LogP contribution in [0.1, 0.15) is 20.8 Å². The number of ketones is 1. The van der Waals surface area contributed by atoms with Crippen LogP contribution in [0.4, 0.5) is 0 Å². The van der Waals surface area contributed by atoms with Gasteiger partial charge in [-0.2, -0.15) is 0 Å². The van der Waals surface area contributed by atoms with Crippen molar-refractivity contribution >= 4 is 11.7 Å². The summed E-state index contributed by atoms with van der Waals surface area (Å²) in [5, 5.41) is 2.85. The number of morpholine rings is 1. The molecule has 1 aliphatic rings. The third kappa shape index (κ3) is 4.74. The first kappa shape index (κ1) is 15.1. The fraction of sp³-hybridized carbons (Fsp3) is 0.846. The van der Waals surface area contributed by atoms with E-state index in [2.05, 4.69) is 10.2 Å². The monoisotopic (exact) mass is 256 g/mol. The van der Waals surface area contributed by atoms with Crippen LogP contribution in [0.15, 0.2) is 0 Å². The Morgan fingerprint density at radius 1 is 1.28 bits per heavy atom. The Morgan fingerprint density at radius 2 is 1.89 bits per heavy atom. The highest BCUT2D eigenvalue weighted by Crippen LogP contribution is 2.11. The molecule has 5 nitrogen and oxygen atoms in total. The van der Waals surface area contributed by atoms with Gasteiger partial charge in [-0.15, -0.1) is 0 Å². The van der Waals surface area contributed by atoms with Gasteiger partial charge in [0, 0.05) is 26.2 Å². The smallest absolute Gasteiger partial charge is 0.230 e. The molecule has 1 fully saturated rings. The topological polar surface area (TPSA) is 58.6 Å². The minimum absolute atomic E-state index is 0.0471. The number of carbonyl (C=O) groups is 2. The van der Waals surface area contributed by atoms with E-state index < -0.39 is 5.92 Å². The van der Waals surface area contributed by atoms with Gasteiger partial charge >= 0.3 is 0 Å². The summed E-state index contributed by atoms with van der Waals surface area (Å²) in [6.45, 7) is 10.0. The van der Waals surface area contributed by atoms with Gasteiger partial charge in [0.2, 0.25) is 5.91 Å². The van der Waals surface area contributed by atoms with E-state index in [1.54, 1.807) is 0 Å². The summed E-state index contributed by atoms with van der Waals surface area (Å²) in [7, 11) is 0. The van der Waals surface area contributed by atoms with E-state index >= 15 is 0 Å². The summed E-state index contributed by atoms with van der Waals surface area (Å²) in [5.74, 6) is -0.680. The number of rotatable bonds is 6. The molecule has 1 rings (SSSR count). The van der Waals surface area contributed by atoms with Gasteiger partial charge in [-0.25, -0.2) is 0 Å². The number of carbonyl (C=O) groups excluding carboxylic acids is 2. The maximum atomic E-state index is 11.9. The maximum absolute atomic E-state index is 11.9. The highest BCUT2D eigenvalue weighted by Gasteiger charge is 2.26. The summed E-state index contributed by atoms with van der Waals surface area (Å²) in [6.07, 6.45) is 0. The molecule has 1 unspecified atom stereocenters. The quantitative estimate of drug-likeness (QED) is 0.694. The van der Waals surface area contributed by atoms with Crippen LogP contribution in [0.25, 0.3) is 0 Å². The molecule has 1 N–H and O–H groups in total. The Bertz CT molecular complexity index is 286. The van der Waals surface area contributed by atoms with E-state index in [-0.39, 0.29) is 17.6 Å². The van der Waals surface area contributed by atoms with Gasteiger partial charge in [-0.1, -0.05) is 13.8 Å². The fourth-order valence-corrected chi connectivity index (χ4v) is 2.23. The molecule has 0 spiro atoms. The van der Waals surface area contributed by atoms with Crippen molar-refractivity contribution < 1.29 is 14.3 Å². The van der Waals surface area contributed by atoms with Gasteiger partial charge in [0.15, 0.2) is 0 Å². The number of nitrogens with zero attached hydrogens (tertiary/aromatic N) is 1. The first-order valence-electron chi connectivity index (χ1n) is 6.60. The molecule has 1 aliphatic heterocycles. The predicted octanol–water partition coefficient (Wildman–Crippen LogP) is 0.296. The normalized spacial score (nSPS) is 18.7. The zero-order valence-electron chi connectivity index (χ0n) is 11.6. The average molecular weight is 256 g/mol. The van der Waals surface area contributed by atoms with Crippen LogP contribution < -0.4 is 5.32 Å². The largest absolute Gasteiger partial charge is 0.379 e. The molecular formula is C13H24N2O3. The van der Waals surface area contributed by atoms with Crippen LogP contribution in [-0.2, 0) is 14.3 Å². The lowest BCUT2D eigenvalue weighted by Gasteiger charge is -2.27. The lowest BCUT2D eigenvalue weighted by atomic mass is 9.91. The fourth-order valence-electron chi connectivity index (χ4n) is 2.23. The van der Waals surface area contributed by atoms with E-state index in [0.29, 0.717) is 6.54 Å². The van der Waals surface area contributed by atoms with Crippen molar-refractivity contribution in [2.45, 2.75) is 20.8 Å². The van der Waals surface area contributed by atoms with Crippen molar-refractivity contribution in [2.75, 3.05) is 39.4 Å². The van der Waals surface area contributed by atoms with Crippen molar-refractivity contribution in [3.63, 3.8) is 0 Å². The highest BCUT2D eigenvalue weighted by molar-refractivity contribution is 6.00. The van der Waals surface area contributed by atoms with Crippen molar-refractivity contribution in [3.8, 4) is 0 Å². The van der Waals surface area contributed by atoms with E-state index in [1.807, 2.05) is 13.8 Å². The van der Waals surface area contributed by atoms with Crippen LogP contribution in [0, 0.1) is 11.8 Å². The number of ether oxygens (including phenoxy) is 1. The summed E-state index contributed by atoms with van der Waals surface area (Å²) in [6, 6.07) is 0. The molecule has 1 saturated heterocycles. The average Bonchev–Trinajstić information content (AvgIpc) is 2.29. The third-order valence-corrected chi connectivity index (χ3v) is 3.22. The van der Waals surface area contributed by atoms with Gasteiger partial charge in [0.05, 0.1) is 19.1 Å². The second-order valence-corrected chi connectivity index (χ2v) is 5.08. The molecule has 0 aromatic rings. The number of nitrogens with one attached hydrogen (secondary N) is 1. The van der Waals surface area contributed by atoms with E-state index in [0.717, 1.165) is 32.8 Å². The zero-order valence-corrected chi connectivity index (χ0v) is 11.6. The Hall–Kier alpha value is -0.940. The molecule has 1 amide bonds. The van der Waals surface area contributed by atoms with E-state index in [1.165, 1.54) is 6.92 Å². The number of hydrogen-bond acceptors (Lipinski definition) is 4. The lowest BCUT2D eigenvalue weighted by molar-refractivity contribution is -0.134. The minimum atomic E-state index is -0.519. The molecule has 5 heteroatoms. The minimum Gasteiger partial charge on any atom is -0.379 e. The first-order valence-corrected chi connectivity index (χ1v) is 6.60. The van der Waals surface area contributed by atoms with Crippen molar-refractivity contribution in [3.05, 3.63) is 0 Å². The molecule has 1 heterocycles. The van der Waals surface area contributed by atoms with Crippen LogP contribution in [0.2, 0.25) is 0 Å². The molecular weight excluding hydrogens is 232 g/mol. The summed E-state index contributed by atoms with van der Waals surface area (Å²) >= 11 is 0. The van der Waals surface area contributed by atoms with Crippen molar-refractivity contribution in [1.29, 1.82) is 0 Å². The Morgan fingerprint density at radius 3 is 2.39 bits per heavy atom. The van der Waals surface area contributed by atoms with Gasteiger partial charge in [0.1, 0.15) is 5.78 Å². The van der Waals surface area contributed by atoms with Crippen LogP contribution in [0.3, 0.4) is 0 Å². The molecule has 1 atom stereocenters. The third-order valence-electron chi connectivity index (χ3n) is 3.22. The predicted molar refractivity (Wildman–Crippen MR) is 69.3 cm³/mol. The van der Waals surface area contributed by atoms with Gasteiger partial charge < -0.3 is 10.1 Å². The summed E-state index contributed by atoms with van der Waals surface area (Å²) in [4.78, 5) is 25.5. The maximum Gasteiger partial charge on any atom is 0.230 e. The van der Waals surface area contributed by atoms with Crippen molar-refractivity contribution in [2.24, 2.45) is 11.8 Å². The number of amides is 1. The van der Waals surface area contributed by atoms with Gasteiger partial charge in [-0.3, -0.25) is 14.5 Å². The molecule has 104 valence electrons. The molecule has 0 saturated carbocycles. The molecule has 0 aromatic heterocycles. The van der Waals surface area contributed by atoms with Crippen LogP contribution in [-0.4, -0.2) is 56.0 Å². The summed E-state index contributed by atoms with van der Waals surface area (Å²) < 4.78 is 5.25. The second kappa shape index (κ2) is 7.48. The Labute approximate surface area is 109 Å².